The van der Waals surface area contributed by atoms with Gasteiger partial charge < -0.3 is 25.4 Å². The lowest BCUT2D eigenvalue weighted by molar-refractivity contribution is 0.0238. The molecule has 0 aromatic heterocycles. The minimum absolute atomic E-state index is 0.198. The van der Waals surface area contributed by atoms with Crippen LogP contribution in [-0.2, 0) is 4.74 Å². The Kier molecular flexibility index (Phi) is 10.6. The largest absolute Gasteiger partial charge is 0.444 e. The van der Waals surface area contributed by atoms with Crippen molar-refractivity contribution in [3.8, 4) is 0 Å². The van der Waals surface area contributed by atoms with Gasteiger partial charge in [0.05, 0.1) is 0 Å². The first-order valence-electron chi connectivity index (χ1n) is 10.8. The topological polar surface area (TPSA) is 86.2 Å². The number of nitrogens with zero attached hydrogens (tertiary/aromatic N) is 2. The monoisotopic (exact) mass is 398 g/mol. The van der Waals surface area contributed by atoms with Crippen LogP contribution in [0.1, 0.15) is 67.2 Å². The Hall–Kier alpha value is -1.50. The molecule has 0 aliphatic heterocycles. The second-order valence-electron chi connectivity index (χ2n) is 9.06. The molecular weight excluding hydrogens is 356 g/mol. The van der Waals surface area contributed by atoms with Crippen molar-refractivity contribution >= 4 is 12.1 Å². The highest BCUT2D eigenvalue weighted by atomic mass is 16.6. The lowest BCUT2D eigenvalue weighted by atomic mass is 9.94. The summed E-state index contributed by atoms with van der Waals surface area (Å²) in [5.74, 6) is 1.72. The first kappa shape index (κ1) is 24.5. The third-order valence-electron chi connectivity index (χ3n) is 4.45. The molecule has 1 atom stereocenters. The number of hydrogen-bond donors (Lipinski definition) is 3. The van der Waals surface area contributed by atoms with E-state index in [9.17, 15) is 9.90 Å². The van der Waals surface area contributed by atoms with Gasteiger partial charge >= 0.3 is 6.09 Å². The number of rotatable bonds is 11. The SMILES string of the molecule is CCNC(=NCC(CCO)CC(C)C)NCCN(C(=O)OC(C)(C)C)C1CC1. The van der Waals surface area contributed by atoms with Gasteiger partial charge in [-0.15, -0.1) is 0 Å². The molecule has 1 fully saturated rings. The van der Waals surface area contributed by atoms with Gasteiger partial charge in [-0.1, -0.05) is 13.8 Å². The summed E-state index contributed by atoms with van der Waals surface area (Å²) >= 11 is 0. The molecule has 1 saturated carbocycles. The highest BCUT2D eigenvalue weighted by Crippen LogP contribution is 2.28. The van der Waals surface area contributed by atoms with Crippen molar-refractivity contribution in [3.05, 3.63) is 0 Å². The predicted molar refractivity (Wildman–Crippen MR) is 115 cm³/mol. The third kappa shape index (κ3) is 10.7. The molecule has 0 radical (unpaired) electrons. The maximum Gasteiger partial charge on any atom is 0.410 e. The van der Waals surface area contributed by atoms with Crippen LogP contribution in [0.5, 0.6) is 0 Å². The van der Waals surface area contributed by atoms with Gasteiger partial charge in [-0.05, 0) is 65.2 Å². The highest BCUT2D eigenvalue weighted by Gasteiger charge is 2.34. The Balaban J connectivity index is 2.56. The van der Waals surface area contributed by atoms with Gasteiger partial charge in [0.15, 0.2) is 5.96 Å². The van der Waals surface area contributed by atoms with Crippen LogP contribution < -0.4 is 10.6 Å². The van der Waals surface area contributed by atoms with Gasteiger partial charge in [-0.2, -0.15) is 0 Å². The van der Waals surface area contributed by atoms with Crippen LogP contribution in [-0.4, -0.2) is 66.5 Å². The van der Waals surface area contributed by atoms with E-state index >= 15 is 0 Å². The van der Waals surface area contributed by atoms with Crippen molar-refractivity contribution in [1.29, 1.82) is 0 Å². The Bertz CT molecular complexity index is 485. The minimum Gasteiger partial charge on any atom is -0.444 e. The molecule has 0 heterocycles. The van der Waals surface area contributed by atoms with E-state index in [-0.39, 0.29) is 12.7 Å². The molecular formula is C21H42N4O3. The number of carbonyl (C=O) groups is 1. The quantitative estimate of drug-likeness (QED) is 0.368. The van der Waals surface area contributed by atoms with E-state index in [1.54, 1.807) is 0 Å². The summed E-state index contributed by atoms with van der Waals surface area (Å²) in [6.45, 7) is 15.0. The van der Waals surface area contributed by atoms with E-state index in [4.69, 9.17) is 9.73 Å². The van der Waals surface area contributed by atoms with Gasteiger partial charge in [0.1, 0.15) is 5.60 Å². The molecule has 28 heavy (non-hydrogen) atoms. The van der Waals surface area contributed by atoms with Crippen LogP contribution in [0.15, 0.2) is 4.99 Å². The number of ether oxygens (including phenoxy) is 1. The number of aliphatic imine (C=N–C) groups is 1. The number of aliphatic hydroxyl groups excluding tert-OH is 1. The summed E-state index contributed by atoms with van der Waals surface area (Å²) < 4.78 is 5.54. The molecule has 7 nitrogen and oxygen atoms in total. The van der Waals surface area contributed by atoms with Gasteiger partial charge in [0.25, 0.3) is 0 Å². The Labute approximate surface area is 171 Å². The van der Waals surface area contributed by atoms with E-state index in [1.807, 2.05) is 32.6 Å². The van der Waals surface area contributed by atoms with E-state index < -0.39 is 5.60 Å². The highest BCUT2D eigenvalue weighted by molar-refractivity contribution is 5.79. The summed E-state index contributed by atoms with van der Waals surface area (Å²) in [6.07, 6.45) is 3.68. The van der Waals surface area contributed by atoms with Gasteiger partial charge in [-0.25, -0.2) is 4.79 Å². The van der Waals surface area contributed by atoms with E-state index in [1.165, 1.54) is 0 Å². The van der Waals surface area contributed by atoms with Crippen molar-refractivity contribution in [2.75, 3.05) is 32.8 Å². The predicted octanol–water partition coefficient (Wildman–Crippen LogP) is 2.99. The van der Waals surface area contributed by atoms with Crippen LogP contribution in [0.4, 0.5) is 4.79 Å². The normalized spacial score (nSPS) is 16.1. The maximum atomic E-state index is 12.4. The number of carbonyl (C=O) groups excluding carboxylic acids is 1. The molecule has 3 N–H and O–H groups in total. The van der Waals surface area contributed by atoms with E-state index in [0.717, 1.165) is 38.2 Å². The molecule has 1 rings (SSSR count). The first-order valence-corrected chi connectivity index (χ1v) is 10.8. The fourth-order valence-electron chi connectivity index (χ4n) is 3.12. The third-order valence-corrected chi connectivity index (χ3v) is 4.45. The van der Waals surface area contributed by atoms with E-state index in [0.29, 0.717) is 37.5 Å². The zero-order valence-electron chi connectivity index (χ0n) is 18.8. The van der Waals surface area contributed by atoms with Crippen LogP contribution in [0.2, 0.25) is 0 Å². The molecule has 0 spiro atoms. The summed E-state index contributed by atoms with van der Waals surface area (Å²) in [7, 11) is 0. The summed E-state index contributed by atoms with van der Waals surface area (Å²) in [5, 5.41) is 15.9. The average molecular weight is 399 g/mol. The lowest BCUT2D eigenvalue weighted by Crippen LogP contribution is -2.45. The zero-order valence-corrected chi connectivity index (χ0v) is 18.8. The minimum atomic E-state index is -0.480. The number of hydrogen-bond acceptors (Lipinski definition) is 4. The van der Waals surface area contributed by atoms with Crippen molar-refractivity contribution in [1.82, 2.24) is 15.5 Å². The number of nitrogens with one attached hydrogen (secondary N) is 2. The summed E-state index contributed by atoms with van der Waals surface area (Å²) in [4.78, 5) is 19.0. The first-order chi connectivity index (χ1) is 13.2. The van der Waals surface area contributed by atoms with Crippen molar-refractivity contribution < 1.29 is 14.6 Å². The zero-order chi connectivity index (χ0) is 21.2. The second kappa shape index (κ2) is 12.1. The van der Waals surface area contributed by atoms with Crippen molar-refractivity contribution in [2.24, 2.45) is 16.8 Å². The second-order valence-corrected chi connectivity index (χ2v) is 9.06. The Morgan fingerprint density at radius 2 is 1.96 bits per heavy atom. The summed E-state index contributed by atoms with van der Waals surface area (Å²) in [5.41, 5.74) is -0.480. The molecule has 1 aliphatic carbocycles. The molecule has 1 aliphatic rings. The van der Waals surface area contributed by atoms with Crippen LogP contribution in [0.25, 0.3) is 0 Å². The smallest absolute Gasteiger partial charge is 0.410 e. The van der Waals surface area contributed by atoms with Crippen LogP contribution >= 0.6 is 0 Å². The fraction of sp³-hybridized carbons (Fsp3) is 0.905. The lowest BCUT2D eigenvalue weighted by Gasteiger charge is -2.27. The standard InChI is InChI=1S/C21H42N4O3/c1-7-22-19(24-15-17(10-13-26)14-16(2)3)23-11-12-25(18-8-9-18)20(27)28-21(4,5)6/h16-18,26H,7-15H2,1-6H3,(H2,22,23,24). The maximum absolute atomic E-state index is 12.4. The van der Waals surface area contributed by atoms with Crippen molar-refractivity contribution in [2.45, 2.75) is 78.9 Å². The molecule has 1 unspecified atom stereocenters. The number of amides is 1. The molecule has 0 aromatic rings. The molecule has 0 bridgehead atoms. The van der Waals surface area contributed by atoms with E-state index in [2.05, 4.69) is 24.5 Å². The Morgan fingerprint density at radius 1 is 1.29 bits per heavy atom. The average Bonchev–Trinajstić information content (AvgIpc) is 3.39. The number of aliphatic hydroxyl groups is 1. The molecule has 164 valence electrons. The summed E-state index contributed by atoms with van der Waals surface area (Å²) in [6, 6.07) is 0.302. The van der Waals surface area contributed by atoms with Crippen molar-refractivity contribution in [3.63, 3.8) is 0 Å². The van der Waals surface area contributed by atoms with Gasteiger partial charge in [0.2, 0.25) is 0 Å². The molecule has 1 amide bonds. The fourth-order valence-corrected chi connectivity index (χ4v) is 3.12. The molecule has 0 saturated heterocycles. The molecule has 7 heteroatoms. The number of guanidine groups is 1. The van der Waals surface area contributed by atoms with Crippen LogP contribution in [0.3, 0.4) is 0 Å². The van der Waals surface area contributed by atoms with Gasteiger partial charge in [-0.3, -0.25) is 4.99 Å². The Morgan fingerprint density at radius 3 is 2.46 bits per heavy atom. The van der Waals surface area contributed by atoms with Gasteiger partial charge in [0, 0.05) is 38.8 Å². The van der Waals surface area contributed by atoms with Crippen LogP contribution in [0, 0.1) is 11.8 Å². The molecule has 0 aromatic carbocycles.